The molecule has 0 aromatic carbocycles. The van der Waals surface area contributed by atoms with Crippen LogP contribution < -0.4 is 5.32 Å². The number of carbonyl (C=O) groups is 1. The molecule has 3 heterocycles. The predicted octanol–water partition coefficient (Wildman–Crippen LogP) is 3.64. The van der Waals surface area contributed by atoms with Gasteiger partial charge >= 0.3 is 0 Å². The van der Waals surface area contributed by atoms with E-state index >= 15 is 0 Å². The average molecular weight is 366 g/mol. The summed E-state index contributed by atoms with van der Waals surface area (Å²) in [5, 5.41) is 7.03. The van der Waals surface area contributed by atoms with Crippen LogP contribution in [0.3, 0.4) is 0 Å². The zero-order valence-electron chi connectivity index (χ0n) is 13.1. The first-order valence-electron chi connectivity index (χ1n) is 6.85. The highest BCUT2D eigenvalue weighted by Crippen LogP contribution is 2.12. The molecule has 126 valence electrons. The van der Waals surface area contributed by atoms with Gasteiger partial charge in [0.2, 0.25) is 5.95 Å². The zero-order chi connectivity index (χ0) is 15.5. The smallest absolute Gasteiger partial charge is 0.259 e. The van der Waals surface area contributed by atoms with Crippen molar-refractivity contribution in [1.29, 1.82) is 0 Å². The summed E-state index contributed by atoms with van der Waals surface area (Å²) in [6.45, 7) is 4.03. The molecule has 3 rings (SSSR count). The molecule has 0 aliphatic rings. The molecule has 0 bridgehead atoms. The van der Waals surface area contributed by atoms with Crippen molar-refractivity contribution >= 4 is 48.4 Å². The molecule has 0 spiro atoms. The first-order valence-corrected chi connectivity index (χ1v) is 6.85. The maximum atomic E-state index is 12.1. The number of allylic oxidation sites excluding steroid dienone is 1. The Bertz CT molecular complexity index is 857. The van der Waals surface area contributed by atoms with Gasteiger partial charge in [0.05, 0.1) is 11.3 Å². The number of nitrogens with one attached hydrogen (secondary N) is 1. The normalized spacial score (nSPS) is 9.58. The summed E-state index contributed by atoms with van der Waals surface area (Å²) in [6.07, 6.45) is 5.12. The monoisotopic (exact) mass is 365 g/mol. The molecule has 1 N–H and O–H groups in total. The van der Waals surface area contributed by atoms with Crippen molar-refractivity contribution in [3.8, 4) is 0 Å². The SMILES string of the molecule is CC(C)=Cc1cccc2nc(NC(=O)c3cccnc3)nn12.Cl.Cl. The number of halogens is 2. The van der Waals surface area contributed by atoms with Crippen molar-refractivity contribution in [1.82, 2.24) is 19.6 Å². The summed E-state index contributed by atoms with van der Waals surface area (Å²) in [5.74, 6) is -0.0174. The lowest BCUT2D eigenvalue weighted by molar-refractivity contribution is 0.102. The maximum absolute atomic E-state index is 12.1. The van der Waals surface area contributed by atoms with Crippen molar-refractivity contribution in [2.75, 3.05) is 5.32 Å². The van der Waals surface area contributed by atoms with Gasteiger partial charge in [0, 0.05) is 12.4 Å². The van der Waals surface area contributed by atoms with Crippen molar-refractivity contribution < 1.29 is 4.79 Å². The molecule has 6 nitrogen and oxygen atoms in total. The molecule has 0 unspecified atom stereocenters. The van der Waals surface area contributed by atoms with E-state index in [0.29, 0.717) is 11.2 Å². The van der Waals surface area contributed by atoms with E-state index in [2.05, 4.69) is 20.4 Å². The summed E-state index contributed by atoms with van der Waals surface area (Å²) in [4.78, 5) is 20.3. The van der Waals surface area contributed by atoms with E-state index in [1.54, 1.807) is 22.8 Å². The van der Waals surface area contributed by atoms with Crippen molar-refractivity contribution in [3.05, 3.63) is 59.6 Å². The minimum atomic E-state index is -0.284. The van der Waals surface area contributed by atoms with Crippen LogP contribution in [-0.2, 0) is 0 Å². The number of hydrogen-bond acceptors (Lipinski definition) is 4. The van der Waals surface area contributed by atoms with Gasteiger partial charge in [-0.25, -0.2) is 4.52 Å². The largest absolute Gasteiger partial charge is 0.289 e. The van der Waals surface area contributed by atoms with Crippen molar-refractivity contribution in [2.45, 2.75) is 13.8 Å². The van der Waals surface area contributed by atoms with E-state index in [4.69, 9.17) is 0 Å². The Morgan fingerprint density at radius 1 is 1.17 bits per heavy atom. The summed E-state index contributed by atoms with van der Waals surface area (Å²) < 4.78 is 1.70. The van der Waals surface area contributed by atoms with Gasteiger partial charge < -0.3 is 0 Å². The van der Waals surface area contributed by atoms with Crippen LogP contribution in [0, 0.1) is 0 Å². The highest BCUT2D eigenvalue weighted by molar-refractivity contribution is 6.03. The summed E-state index contributed by atoms with van der Waals surface area (Å²) >= 11 is 0. The third-order valence-electron chi connectivity index (χ3n) is 2.97. The van der Waals surface area contributed by atoms with Crippen molar-refractivity contribution in [2.24, 2.45) is 0 Å². The van der Waals surface area contributed by atoms with Gasteiger partial charge in [-0.1, -0.05) is 11.6 Å². The van der Waals surface area contributed by atoms with E-state index < -0.39 is 0 Å². The van der Waals surface area contributed by atoms with E-state index in [9.17, 15) is 4.79 Å². The van der Waals surface area contributed by atoms with Gasteiger partial charge in [0.1, 0.15) is 0 Å². The van der Waals surface area contributed by atoms with Crippen LogP contribution in [0.4, 0.5) is 5.95 Å². The van der Waals surface area contributed by atoms with Crippen LogP contribution in [0.1, 0.15) is 29.9 Å². The molecule has 0 radical (unpaired) electrons. The van der Waals surface area contributed by atoms with Gasteiger partial charge in [0.25, 0.3) is 5.91 Å². The van der Waals surface area contributed by atoms with E-state index in [0.717, 1.165) is 11.3 Å². The fourth-order valence-electron chi connectivity index (χ4n) is 2.05. The predicted molar refractivity (Wildman–Crippen MR) is 99.0 cm³/mol. The first kappa shape index (κ1) is 19.6. The van der Waals surface area contributed by atoms with Gasteiger partial charge in [-0.15, -0.1) is 29.9 Å². The quantitative estimate of drug-likeness (QED) is 0.768. The number of amides is 1. The molecule has 0 atom stereocenters. The molecule has 0 saturated carbocycles. The van der Waals surface area contributed by atoms with E-state index in [-0.39, 0.29) is 36.7 Å². The third-order valence-corrected chi connectivity index (χ3v) is 2.97. The molecule has 0 aliphatic carbocycles. The van der Waals surface area contributed by atoms with Crippen LogP contribution in [0.15, 0.2) is 48.3 Å². The summed E-state index contributed by atoms with van der Waals surface area (Å²) in [6, 6.07) is 9.09. The van der Waals surface area contributed by atoms with Gasteiger partial charge in [-0.3, -0.25) is 15.1 Å². The minimum absolute atomic E-state index is 0. The molecular formula is C16H17Cl2N5O. The van der Waals surface area contributed by atoms with Crippen LogP contribution in [0.5, 0.6) is 0 Å². The molecule has 8 heteroatoms. The Kier molecular flexibility index (Phi) is 6.88. The maximum Gasteiger partial charge on any atom is 0.259 e. The summed E-state index contributed by atoms with van der Waals surface area (Å²) in [7, 11) is 0. The first-order chi connectivity index (χ1) is 10.6. The van der Waals surface area contributed by atoms with Crippen molar-refractivity contribution in [3.63, 3.8) is 0 Å². The Morgan fingerprint density at radius 3 is 2.62 bits per heavy atom. The fraction of sp³-hybridized carbons (Fsp3) is 0.125. The summed E-state index contributed by atoms with van der Waals surface area (Å²) in [5.41, 5.74) is 3.21. The number of anilines is 1. The lowest BCUT2D eigenvalue weighted by atomic mass is 10.2. The third kappa shape index (κ3) is 4.31. The number of pyridine rings is 2. The Morgan fingerprint density at radius 2 is 1.96 bits per heavy atom. The lowest BCUT2D eigenvalue weighted by Crippen LogP contribution is -2.13. The van der Waals surface area contributed by atoms with Crippen LogP contribution >= 0.6 is 24.8 Å². The average Bonchev–Trinajstić information content (AvgIpc) is 2.91. The molecule has 1 amide bonds. The Hall–Kier alpha value is -2.44. The molecular weight excluding hydrogens is 349 g/mol. The number of nitrogens with zero attached hydrogens (tertiary/aromatic N) is 4. The van der Waals surface area contributed by atoms with Gasteiger partial charge in [-0.05, 0) is 44.2 Å². The molecule has 0 saturated heterocycles. The molecule has 3 aromatic rings. The van der Waals surface area contributed by atoms with Gasteiger partial charge in [0.15, 0.2) is 5.65 Å². The highest BCUT2D eigenvalue weighted by Gasteiger charge is 2.11. The second-order valence-electron chi connectivity index (χ2n) is 5.07. The molecule has 24 heavy (non-hydrogen) atoms. The van der Waals surface area contributed by atoms with Gasteiger partial charge in [-0.2, -0.15) is 4.98 Å². The lowest BCUT2D eigenvalue weighted by Gasteiger charge is -1.99. The topological polar surface area (TPSA) is 72.2 Å². The number of fused-ring (bicyclic) bond motifs is 1. The highest BCUT2D eigenvalue weighted by atomic mass is 35.5. The standard InChI is InChI=1S/C16H15N5O.2ClH/c1-11(2)9-13-6-3-7-14-18-16(20-21(13)14)19-15(22)12-5-4-8-17-10-12;;/h3-10H,1-2H3,(H,19,20,22);2*1H. The van der Waals surface area contributed by atoms with Crippen LogP contribution in [0.25, 0.3) is 11.7 Å². The Labute approximate surface area is 151 Å². The zero-order valence-corrected chi connectivity index (χ0v) is 14.8. The number of hydrogen-bond donors (Lipinski definition) is 1. The fourth-order valence-corrected chi connectivity index (χ4v) is 2.05. The second-order valence-corrected chi connectivity index (χ2v) is 5.07. The molecule has 3 aromatic heterocycles. The second kappa shape index (κ2) is 8.42. The van der Waals surface area contributed by atoms with E-state index in [1.165, 1.54) is 6.20 Å². The number of rotatable bonds is 3. The van der Waals surface area contributed by atoms with Crippen LogP contribution in [-0.4, -0.2) is 25.5 Å². The van der Waals surface area contributed by atoms with Crippen LogP contribution in [0.2, 0.25) is 0 Å². The number of carbonyl (C=O) groups excluding carboxylic acids is 1. The molecule has 0 fully saturated rings. The Balaban J connectivity index is 0.00000144. The molecule has 0 aliphatic heterocycles. The minimum Gasteiger partial charge on any atom is -0.289 e. The number of aromatic nitrogens is 4. The van der Waals surface area contributed by atoms with E-state index in [1.807, 2.05) is 38.1 Å².